The minimum absolute atomic E-state index is 0.0347. The quantitative estimate of drug-likeness (QED) is 0.459. The third-order valence-electron chi connectivity index (χ3n) is 6.37. The zero-order chi connectivity index (χ0) is 24.2. The number of halogens is 1. The molecule has 8 heteroatoms. The second kappa shape index (κ2) is 10.8. The summed E-state index contributed by atoms with van der Waals surface area (Å²) in [5, 5.41) is 0. The molecule has 0 bridgehead atoms. The highest BCUT2D eigenvalue weighted by molar-refractivity contribution is 9.10. The van der Waals surface area contributed by atoms with E-state index in [-0.39, 0.29) is 5.91 Å². The minimum Gasteiger partial charge on any atom is -0.336 e. The van der Waals surface area contributed by atoms with E-state index in [2.05, 4.69) is 54.8 Å². The first-order chi connectivity index (χ1) is 17.1. The minimum atomic E-state index is -1.44. The van der Waals surface area contributed by atoms with Crippen LogP contribution < -0.4 is 4.72 Å². The van der Waals surface area contributed by atoms with Crippen molar-refractivity contribution in [3.05, 3.63) is 87.9 Å². The van der Waals surface area contributed by atoms with Gasteiger partial charge in [-0.2, -0.15) is 0 Å². The van der Waals surface area contributed by atoms with E-state index < -0.39 is 11.0 Å². The summed E-state index contributed by atoms with van der Waals surface area (Å²) in [5.74, 6) is 0.0347. The van der Waals surface area contributed by atoms with Crippen LogP contribution in [-0.2, 0) is 24.0 Å². The normalized spacial score (nSPS) is 16.5. The number of para-hydroxylation sites is 1. The van der Waals surface area contributed by atoms with E-state index in [1.54, 1.807) is 12.1 Å². The van der Waals surface area contributed by atoms with Crippen molar-refractivity contribution in [2.24, 2.45) is 4.99 Å². The van der Waals surface area contributed by atoms with Crippen LogP contribution in [0.2, 0.25) is 0 Å². The molecule has 1 amide bonds. The number of amides is 1. The average molecular weight is 552 g/mol. The fraction of sp³-hybridized carbons (Fsp3) is 0.259. The van der Waals surface area contributed by atoms with Crippen molar-refractivity contribution in [2.45, 2.75) is 24.3 Å². The highest BCUT2D eigenvalue weighted by Crippen LogP contribution is 2.31. The summed E-state index contributed by atoms with van der Waals surface area (Å²) in [4.78, 5) is 22.5. The first kappa shape index (κ1) is 23.9. The van der Waals surface area contributed by atoms with Gasteiger partial charge in [-0.3, -0.25) is 14.7 Å². The van der Waals surface area contributed by atoms with Gasteiger partial charge in [-0.05, 0) is 66.4 Å². The van der Waals surface area contributed by atoms with Crippen molar-refractivity contribution in [2.75, 3.05) is 30.9 Å². The Kier molecular flexibility index (Phi) is 7.41. The highest BCUT2D eigenvalue weighted by atomic mass is 79.9. The molecule has 2 heterocycles. The number of fused-ring (bicyclic) bond motifs is 1. The lowest BCUT2D eigenvalue weighted by Gasteiger charge is -2.34. The van der Waals surface area contributed by atoms with E-state index in [1.165, 1.54) is 5.56 Å². The van der Waals surface area contributed by atoms with Gasteiger partial charge in [-0.1, -0.05) is 40.2 Å². The molecule has 0 spiro atoms. The third-order valence-corrected chi connectivity index (χ3v) is 8.05. The Hall–Kier alpha value is -2.81. The Bertz CT molecular complexity index is 1250. The van der Waals surface area contributed by atoms with Crippen LogP contribution >= 0.6 is 15.9 Å². The number of nitrogens with one attached hydrogen (secondary N) is 1. The molecule has 0 aromatic heterocycles. The Morgan fingerprint density at radius 3 is 2.46 bits per heavy atom. The Balaban J connectivity index is 1.16. The molecule has 6 nitrogen and oxygen atoms in total. The second-order valence-electron chi connectivity index (χ2n) is 8.76. The van der Waals surface area contributed by atoms with Crippen LogP contribution in [0.4, 0.5) is 11.4 Å². The molecule has 1 unspecified atom stereocenters. The Morgan fingerprint density at radius 1 is 0.971 bits per heavy atom. The summed E-state index contributed by atoms with van der Waals surface area (Å²) in [6.07, 6.45) is 3.70. The van der Waals surface area contributed by atoms with Gasteiger partial charge in [-0.15, -0.1) is 0 Å². The van der Waals surface area contributed by atoms with Gasteiger partial charge in [0.2, 0.25) is 0 Å². The number of nitrogens with zero attached hydrogens (tertiary/aromatic N) is 3. The number of carbonyl (C=O) groups excluding carboxylic acids is 1. The van der Waals surface area contributed by atoms with Gasteiger partial charge in [0.1, 0.15) is 0 Å². The lowest BCUT2D eigenvalue weighted by atomic mass is 10.1. The van der Waals surface area contributed by atoms with Gasteiger partial charge >= 0.3 is 0 Å². The topological polar surface area (TPSA) is 65.0 Å². The van der Waals surface area contributed by atoms with Gasteiger partial charge in [0.25, 0.3) is 5.91 Å². The van der Waals surface area contributed by atoms with Crippen LogP contribution in [0.15, 0.2) is 81.1 Å². The van der Waals surface area contributed by atoms with E-state index in [1.807, 2.05) is 41.4 Å². The molecule has 1 fully saturated rings. The first-order valence-corrected chi connectivity index (χ1v) is 13.7. The third kappa shape index (κ3) is 5.72. The number of rotatable bonds is 6. The Labute approximate surface area is 216 Å². The smallest absolute Gasteiger partial charge is 0.253 e. The fourth-order valence-electron chi connectivity index (χ4n) is 4.42. The standard InChI is InChI=1S/C27H27BrN4O2S/c28-23-10-6-20(7-11-23)19-31-15-17-32(18-16-31)27(33)22-8-12-24(13-9-22)30-35(34)25-5-1-3-21-4-2-14-29-26(21)25/h1,3,5-14,30H,2,4,15-19H2. The largest absolute Gasteiger partial charge is 0.336 e. The molecular formula is C27H27BrN4O2S. The molecule has 0 saturated carbocycles. The zero-order valence-electron chi connectivity index (χ0n) is 19.3. The number of hydrogen-bond acceptors (Lipinski definition) is 4. The van der Waals surface area contributed by atoms with Crippen molar-refractivity contribution in [1.82, 2.24) is 9.80 Å². The van der Waals surface area contributed by atoms with Crippen molar-refractivity contribution in [3.63, 3.8) is 0 Å². The molecule has 2 aliphatic heterocycles. The van der Waals surface area contributed by atoms with Crippen LogP contribution in [0.1, 0.15) is 27.9 Å². The maximum absolute atomic E-state index is 13.0. The lowest BCUT2D eigenvalue weighted by Crippen LogP contribution is -2.48. The van der Waals surface area contributed by atoms with Crippen LogP contribution in [0.3, 0.4) is 0 Å². The van der Waals surface area contributed by atoms with Crippen molar-refractivity contribution in [3.8, 4) is 0 Å². The number of anilines is 1. The summed E-state index contributed by atoms with van der Waals surface area (Å²) in [5.41, 5.74) is 4.55. The molecule has 1 N–H and O–H groups in total. The van der Waals surface area contributed by atoms with E-state index in [0.29, 0.717) is 29.2 Å². The van der Waals surface area contributed by atoms with Crippen LogP contribution in [0.25, 0.3) is 0 Å². The molecule has 0 radical (unpaired) electrons. The number of hydrogen-bond donors (Lipinski definition) is 1. The number of piperazine rings is 1. The van der Waals surface area contributed by atoms with Crippen LogP contribution in [0.5, 0.6) is 0 Å². The molecule has 1 saturated heterocycles. The molecule has 35 heavy (non-hydrogen) atoms. The summed E-state index contributed by atoms with van der Waals surface area (Å²) in [7, 11) is -1.44. The number of aryl methyl sites for hydroxylation is 1. The molecule has 2 aliphatic rings. The number of aliphatic imine (C=N–C) groups is 1. The summed E-state index contributed by atoms with van der Waals surface area (Å²) in [6.45, 7) is 4.01. The van der Waals surface area contributed by atoms with Gasteiger partial charge in [0.05, 0.1) is 10.6 Å². The number of benzene rings is 3. The maximum Gasteiger partial charge on any atom is 0.253 e. The fourth-order valence-corrected chi connectivity index (χ4v) is 5.71. The van der Waals surface area contributed by atoms with Gasteiger partial charge in [-0.25, -0.2) is 4.21 Å². The average Bonchev–Trinajstić information content (AvgIpc) is 2.90. The highest BCUT2D eigenvalue weighted by Gasteiger charge is 2.22. The predicted octanol–water partition coefficient (Wildman–Crippen LogP) is 5.19. The van der Waals surface area contributed by atoms with E-state index >= 15 is 0 Å². The lowest BCUT2D eigenvalue weighted by molar-refractivity contribution is 0.0628. The molecule has 3 aromatic carbocycles. The first-order valence-electron chi connectivity index (χ1n) is 11.8. The number of carbonyl (C=O) groups is 1. The van der Waals surface area contributed by atoms with Crippen LogP contribution in [-0.4, -0.2) is 52.3 Å². The zero-order valence-corrected chi connectivity index (χ0v) is 21.7. The summed E-state index contributed by atoms with van der Waals surface area (Å²) in [6, 6.07) is 21.4. The van der Waals surface area contributed by atoms with Gasteiger partial charge in [0.15, 0.2) is 11.0 Å². The van der Waals surface area contributed by atoms with E-state index in [9.17, 15) is 9.00 Å². The molecule has 0 aliphatic carbocycles. The Morgan fingerprint density at radius 2 is 1.71 bits per heavy atom. The van der Waals surface area contributed by atoms with E-state index in [4.69, 9.17) is 0 Å². The van der Waals surface area contributed by atoms with Crippen molar-refractivity contribution in [1.29, 1.82) is 0 Å². The summed E-state index contributed by atoms with van der Waals surface area (Å²) < 4.78 is 17.1. The van der Waals surface area contributed by atoms with Gasteiger partial charge < -0.3 is 9.62 Å². The predicted molar refractivity (Wildman–Crippen MR) is 145 cm³/mol. The molecule has 5 rings (SSSR count). The molecule has 180 valence electrons. The maximum atomic E-state index is 13.0. The van der Waals surface area contributed by atoms with E-state index in [0.717, 1.165) is 48.2 Å². The van der Waals surface area contributed by atoms with Crippen molar-refractivity contribution < 1.29 is 9.00 Å². The van der Waals surface area contributed by atoms with Crippen LogP contribution in [0, 0.1) is 0 Å². The SMILES string of the molecule is O=C(c1ccc(NS(=O)c2cccc3c2N=CCC3)cc1)N1CCN(Cc2ccc(Br)cc2)CC1. The second-order valence-corrected chi connectivity index (χ2v) is 10.9. The van der Waals surface area contributed by atoms with Gasteiger partial charge in [0, 0.05) is 54.7 Å². The van der Waals surface area contributed by atoms with Crippen molar-refractivity contribution >= 4 is 50.4 Å². The summed E-state index contributed by atoms with van der Waals surface area (Å²) >= 11 is 3.47. The molecular weight excluding hydrogens is 524 g/mol. The monoisotopic (exact) mass is 550 g/mol. The molecule has 1 atom stereocenters. The molecule has 3 aromatic rings.